The smallest absolute Gasteiger partial charge is 0.222 e. The van der Waals surface area contributed by atoms with Gasteiger partial charge in [0.25, 0.3) is 0 Å². The molecule has 0 heterocycles. The van der Waals surface area contributed by atoms with Crippen LogP contribution in [0, 0.1) is 0 Å². The Kier molecular flexibility index (Phi) is 4.25. The normalized spacial score (nSPS) is 9.89. The third kappa shape index (κ3) is 7.58. The number of carbonyl (C=O) groups is 1. The molecule has 50 valence electrons. The van der Waals surface area contributed by atoms with Crippen LogP contribution < -0.4 is 5.73 Å². The number of carbonyl (C=O) groups excluding carboxylic acids is 1. The summed E-state index contributed by atoms with van der Waals surface area (Å²) in [5.74, 6) is -0.427. The molecule has 0 aliphatic rings. The summed E-state index contributed by atoms with van der Waals surface area (Å²) in [6.07, 6.45) is 1.44. The number of primary amides is 1. The highest BCUT2D eigenvalue weighted by molar-refractivity contribution is 8.11. The van der Waals surface area contributed by atoms with Gasteiger partial charge in [0.15, 0.2) is 4.32 Å². The van der Waals surface area contributed by atoms with Crippen LogP contribution in [0.4, 0.5) is 0 Å². The Bertz CT molecular complexity index is 155. The van der Waals surface area contributed by atoms with Crippen LogP contribution in [0.2, 0.25) is 0 Å². The van der Waals surface area contributed by atoms with E-state index in [4.69, 9.17) is 5.73 Å². The summed E-state index contributed by atoms with van der Waals surface area (Å²) < 4.78 is 0.205. The Balaban J connectivity index is 3.48. The predicted octanol–water partition coefficient (Wildman–Crippen LogP) is 0.147. The summed E-state index contributed by atoms with van der Waals surface area (Å²) in [5, 5.41) is 0. The molecular weight excluding hydrogens is 156 g/mol. The van der Waals surface area contributed by atoms with E-state index in [0.717, 1.165) is 0 Å². The van der Waals surface area contributed by atoms with E-state index in [1.165, 1.54) is 6.21 Å². The van der Waals surface area contributed by atoms with Crippen LogP contribution in [0.1, 0.15) is 6.42 Å². The molecule has 9 heavy (non-hydrogen) atoms. The quantitative estimate of drug-likeness (QED) is 0.345. The Labute approximate surface area is 63.7 Å². The van der Waals surface area contributed by atoms with Crippen LogP contribution in [-0.4, -0.2) is 16.4 Å². The van der Waals surface area contributed by atoms with Crippen molar-refractivity contribution in [1.29, 1.82) is 0 Å². The first-order chi connectivity index (χ1) is 4.13. The molecule has 0 saturated carbocycles. The summed E-state index contributed by atoms with van der Waals surface area (Å²) >= 11 is 8.14. The van der Waals surface area contributed by atoms with Crippen molar-refractivity contribution in [1.82, 2.24) is 0 Å². The van der Waals surface area contributed by atoms with Crippen LogP contribution in [0.25, 0.3) is 0 Å². The van der Waals surface area contributed by atoms with Gasteiger partial charge >= 0.3 is 0 Å². The Hall–Kier alpha value is -0.420. The number of rotatable bonds is 2. The fraction of sp³-hybridized carbons (Fsp3) is 0.250. The van der Waals surface area contributed by atoms with Crippen molar-refractivity contribution < 1.29 is 4.79 Å². The zero-order chi connectivity index (χ0) is 7.28. The molecular formula is C4H6N2OS2. The van der Waals surface area contributed by atoms with E-state index in [-0.39, 0.29) is 10.7 Å². The van der Waals surface area contributed by atoms with Gasteiger partial charge in [0.2, 0.25) is 5.91 Å². The number of thiocarbonyl (C=S) groups is 1. The fourth-order valence-corrected chi connectivity index (χ4v) is 0.370. The summed E-state index contributed by atoms with van der Waals surface area (Å²) in [4.78, 5) is 13.6. The lowest BCUT2D eigenvalue weighted by Crippen LogP contribution is -2.10. The number of hydrogen-bond acceptors (Lipinski definition) is 2. The van der Waals surface area contributed by atoms with Crippen LogP contribution in [0.15, 0.2) is 4.99 Å². The minimum absolute atomic E-state index is 0.112. The lowest BCUT2D eigenvalue weighted by Gasteiger charge is -1.82. The number of nitrogens with two attached hydrogens (primary N) is 1. The molecule has 0 fully saturated rings. The van der Waals surface area contributed by atoms with Gasteiger partial charge in [-0.1, -0.05) is 12.2 Å². The first kappa shape index (κ1) is 8.58. The molecule has 0 saturated heterocycles. The zero-order valence-electron chi connectivity index (χ0n) is 4.57. The van der Waals surface area contributed by atoms with Crippen molar-refractivity contribution in [3.8, 4) is 0 Å². The highest BCUT2D eigenvalue weighted by atomic mass is 32.1. The first-order valence-corrected chi connectivity index (χ1v) is 3.02. The third-order valence-corrected chi connectivity index (χ3v) is 0.715. The molecule has 3 nitrogen and oxygen atoms in total. The van der Waals surface area contributed by atoms with Gasteiger partial charge in [0, 0.05) is 6.21 Å². The molecule has 0 spiro atoms. The average Bonchev–Trinajstić information content (AvgIpc) is 1.63. The van der Waals surface area contributed by atoms with E-state index in [1.807, 2.05) is 0 Å². The minimum Gasteiger partial charge on any atom is -0.369 e. The molecule has 0 aromatic carbocycles. The van der Waals surface area contributed by atoms with Crippen LogP contribution in [0.3, 0.4) is 0 Å². The van der Waals surface area contributed by atoms with E-state index in [9.17, 15) is 4.79 Å². The molecule has 0 aliphatic heterocycles. The maximum atomic E-state index is 10.0. The molecule has 0 aromatic rings. The molecule has 1 amide bonds. The molecule has 0 unspecified atom stereocenters. The maximum Gasteiger partial charge on any atom is 0.222 e. The first-order valence-electron chi connectivity index (χ1n) is 2.16. The second-order valence-corrected chi connectivity index (χ2v) is 2.38. The Morgan fingerprint density at radius 3 is 2.78 bits per heavy atom. The molecule has 0 bridgehead atoms. The van der Waals surface area contributed by atoms with Crippen molar-refractivity contribution >= 4 is 41.3 Å². The zero-order valence-corrected chi connectivity index (χ0v) is 6.28. The summed E-state index contributed by atoms with van der Waals surface area (Å²) in [6, 6.07) is 0. The highest BCUT2D eigenvalue weighted by Gasteiger charge is 1.86. The topological polar surface area (TPSA) is 55.5 Å². The number of thiol groups is 1. The summed E-state index contributed by atoms with van der Waals surface area (Å²) in [5.41, 5.74) is 4.78. The van der Waals surface area contributed by atoms with Gasteiger partial charge in [-0.2, -0.15) is 0 Å². The van der Waals surface area contributed by atoms with Crippen molar-refractivity contribution in [2.45, 2.75) is 6.42 Å². The van der Waals surface area contributed by atoms with E-state index in [0.29, 0.717) is 0 Å². The minimum atomic E-state index is -0.427. The van der Waals surface area contributed by atoms with Gasteiger partial charge in [-0.15, -0.1) is 12.6 Å². The van der Waals surface area contributed by atoms with Crippen LogP contribution in [0.5, 0.6) is 0 Å². The number of nitrogens with zero attached hydrogens (tertiary/aromatic N) is 1. The molecule has 0 aromatic heterocycles. The van der Waals surface area contributed by atoms with E-state index in [1.54, 1.807) is 0 Å². The van der Waals surface area contributed by atoms with Gasteiger partial charge < -0.3 is 5.73 Å². The average molecular weight is 162 g/mol. The molecule has 0 rings (SSSR count). The number of aliphatic imine (C=N–C) groups is 1. The second kappa shape index (κ2) is 4.46. The highest BCUT2D eigenvalue weighted by Crippen LogP contribution is 1.83. The largest absolute Gasteiger partial charge is 0.369 e. The molecule has 0 atom stereocenters. The van der Waals surface area contributed by atoms with Crippen molar-refractivity contribution in [3.05, 3.63) is 0 Å². The Morgan fingerprint density at radius 2 is 2.44 bits per heavy atom. The van der Waals surface area contributed by atoms with Crippen LogP contribution in [-0.2, 0) is 4.79 Å². The van der Waals surface area contributed by atoms with E-state index < -0.39 is 5.91 Å². The van der Waals surface area contributed by atoms with Gasteiger partial charge in [-0.3, -0.25) is 4.79 Å². The standard InChI is InChI=1S/C4H6N2OS2/c5-3(7)1-2-6-4(8)9/h2H,1H2,(H2,5,7)(H,8,9). The Morgan fingerprint density at radius 1 is 1.89 bits per heavy atom. The van der Waals surface area contributed by atoms with Gasteiger partial charge in [-0.25, -0.2) is 4.99 Å². The molecule has 0 radical (unpaired) electrons. The van der Waals surface area contributed by atoms with Gasteiger partial charge in [0.05, 0.1) is 6.42 Å². The van der Waals surface area contributed by atoms with Gasteiger partial charge in [0.1, 0.15) is 0 Å². The fourth-order valence-electron chi connectivity index (χ4n) is 0.214. The van der Waals surface area contributed by atoms with E-state index in [2.05, 4.69) is 29.8 Å². The summed E-state index contributed by atoms with van der Waals surface area (Å²) in [7, 11) is 0. The molecule has 2 N–H and O–H groups in total. The van der Waals surface area contributed by atoms with Gasteiger partial charge in [-0.05, 0) is 0 Å². The monoisotopic (exact) mass is 162 g/mol. The lowest BCUT2D eigenvalue weighted by atomic mass is 10.5. The second-order valence-electron chi connectivity index (χ2n) is 1.26. The third-order valence-electron chi connectivity index (χ3n) is 0.494. The molecule has 0 aliphatic carbocycles. The summed E-state index contributed by atoms with van der Waals surface area (Å²) in [6.45, 7) is 0. The van der Waals surface area contributed by atoms with E-state index >= 15 is 0 Å². The SMILES string of the molecule is NC(=O)CC=NC(=S)S. The molecule has 5 heteroatoms. The number of amides is 1. The van der Waals surface area contributed by atoms with Crippen molar-refractivity contribution in [2.75, 3.05) is 0 Å². The van der Waals surface area contributed by atoms with Crippen LogP contribution >= 0.6 is 24.8 Å². The number of hydrogen-bond donors (Lipinski definition) is 2. The van der Waals surface area contributed by atoms with Crippen molar-refractivity contribution in [3.63, 3.8) is 0 Å². The maximum absolute atomic E-state index is 10.0. The lowest BCUT2D eigenvalue weighted by molar-refractivity contribution is -0.116. The predicted molar refractivity (Wildman–Crippen MR) is 43.9 cm³/mol. The van der Waals surface area contributed by atoms with Crippen molar-refractivity contribution in [2.24, 2.45) is 10.7 Å².